The van der Waals surface area contributed by atoms with Gasteiger partial charge >= 0.3 is 17.9 Å². The normalized spacial score (nSPS) is 14.1. The Morgan fingerprint density at radius 3 is 0.910 bits per heavy atom. The summed E-state index contributed by atoms with van der Waals surface area (Å²) in [6, 6.07) is 0. The second kappa shape index (κ2) is 50.0. The van der Waals surface area contributed by atoms with E-state index in [4.69, 9.17) is 26.8 Å². The highest BCUT2D eigenvalue weighted by Crippen LogP contribution is 2.19. The highest BCUT2D eigenvalue weighted by atomic mass is 32.3. The van der Waals surface area contributed by atoms with Crippen molar-refractivity contribution in [1.29, 1.82) is 0 Å². The van der Waals surface area contributed by atoms with Gasteiger partial charge in [-0.05, 0) is 96.3 Å². The number of esters is 3. The summed E-state index contributed by atoms with van der Waals surface area (Å²) >= 11 is 0. The highest BCUT2D eigenvalue weighted by Gasteiger charge is 2.20. The van der Waals surface area contributed by atoms with E-state index in [1.807, 2.05) is 36.5 Å². The van der Waals surface area contributed by atoms with Crippen molar-refractivity contribution in [3.05, 3.63) is 36.5 Å². The minimum atomic E-state index is -4.77. The molecule has 0 aliphatic rings. The first-order valence-electron chi connectivity index (χ1n) is 29.6. The van der Waals surface area contributed by atoms with Crippen LogP contribution in [-0.2, 0) is 72.3 Å². The van der Waals surface area contributed by atoms with Gasteiger partial charge in [-0.2, -0.15) is 0 Å². The Morgan fingerprint density at radius 1 is 0.346 bits per heavy atom. The number of hydrogen-bond acceptors (Lipinski definition) is 18. The lowest BCUT2D eigenvalue weighted by atomic mass is 10.1. The van der Waals surface area contributed by atoms with Gasteiger partial charge in [-0.25, -0.2) is 25.3 Å². The molecule has 0 bridgehead atoms. The maximum atomic E-state index is 12.9. The molecule has 0 aliphatic carbocycles. The predicted octanol–water partition coefficient (Wildman–Crippen LogP) is 13.5. The van der Waals surface area contributed by atoms with Crippen LogP contribution >= 0.6 is 0 Å². The van der Waals surface area contributed by atoms with Crippen molar-refractivity contribution >= 4 is 49.1 Å². The fourth-order valence-corrected chi connectivity index (χ4v) is 10.2. The van der Waals surface area contributed by atoms with Crippen molar-refractivity contribution in [2.45, 2.75) is 296 Å². The average Bonchev–Trinajstić information content (AvgIpc) is 3.36. The van der Waals surface area contributed by atoms with Crippen LogP contribution in [0.4, 0.5) is 0 Å². The van der Waals surface area contributed by atoms with Crippen LogP contribution < -0.4 is 0 Å². The molecule has 21 heteroatoms. The van der Waals surface area contributed by atoms with Crippen molar-refractivity contribution in [2.24, 2.45) is 0 Å². The first-order valence-corrected chi connectivity index (χ1v) is 33.6. The van der Waals surface area contributed by atoms with E-state index in [1.54, 1.807) is 0 Å². The van der Waals surface area contributed by atoms with E-state index in [-0.39, 0.29) is 32.5 Å². The summed E-state index contributed by atoms with van der Waals surface area (Å²) in [5, 5.41) is 0. The predicted molar refractivity (Wildman–Crippen MR) is 300 cm³/mol. The Labute approximate surface area is 472 Å². The van der Waals surface area contributed by atoms with E-state index in [1.165, 1.54) is 0 Å². The zero-order chi connectivity index (χ0) is 58.0. The molecule has 0 fully saturated rings. The van der Waals surface area contributed by atoms with E-state index >= 15 is 0 Å². The molecule has 0 aromatic carbocycles. The van der Waals surface area contributed by atoms with E-state index in [0.29, 0.717) is 57.8 Å². The maximum Gasteiger partial charge on any atom is 0.306 e. The van der Waals surface area contributed by atoms with Gasteiger partial charge < -0.3 is 27.9 Å². The molecule has 78 heavy (non-hydrogen) atoms. The van der Waals surface area contributed by atoms with Gasteiger partial charge in [0.1, 0.15) is 13.2 Å². The number of carbonyl (C=O) groups excluding carboxylic acids is 3. The molecule has 0 spiro atoms. The lowest BCUT2D eigenvalue weighted by Gasteiger charge is -2.18. The molecule has 0 heterocycles. The summed E-state index contributed by atoms with van der Waals surface area (Å²) in [5.41, 5.74) is 0. The SMILES string of the molecule is CCCCCCC(C/C=C\CCCCCCCC(=O)OCC(COC(=O)CCCCCCC/C=C\CC(CCCCCC)OS(=O)(=O)[O-])OC(=O)CCCCCCC/C=C\CC(CCCCCC)OS(=O)(=O)[O-])OS(=O)(=O)[O-]. The second-order valence-electron chi connectivity index (χ2n) is 20.4. The smallest absolute Gasteiger partial charge is 0.306 e. The Bertz CT molecular complexity index is 1830. The lowest BCUT2D eigenvalue weighted by molar-refractivity contribution is -0.167. The van der Waals surface area contributed by atoms with Crippen molar-refractivity contribution in [2.75, 3.05) is 13.2 Å². The number of unbranched alkanes of at least 4 members (excludes halogenated alkanes) is 24. The maximum absolute atomic E-state index is 12.9. The van der Waals surface area contributed by atoms with Gasteiger partial charge in [0.25, 0.3) is 0 Å². The number of allylic oxidation sites excluding steroid dienone is 3. The largest absolute Gasteiger partial charge is 0.726 e. The Hall–Kier alpha value is -2.76. The minimum absolute atomic E-state index is 0.145. The third kappa shape index (κ3) is 55.2. The fourth-order valence-electron chi connectivity index (χ4n) is 8.67. The summed E-state index contributed by atoms with van der Waals surface area (Å²) < 4.78 is 131. The summed E-state index contributed by atoms with van der Waals surface area (Å²) in [6.07, 6.45) is 38.0. The molecule has 0 aromatic rings. The zero-order valence-corrected chi connectivity index (χ0v) is 50.3. The fraction of sp³-hybridized carbons (Fsp3) is 0.842. The molecule has 3 unspecified atom stereocenters. The lowest BCUT2D eigenvalue weighted by Crippen LogP contribution is -2.30. The summed E-state index contributed by atoms with van der Waals surface area (Å²) in [6.45, 7) is 5.75. The van der Waals surface area contributed by atoms with Crippen LogP contribution in [0.25, 0.3) is 0 Å². The molecule has 0 amide bonds. The number of carbonyl (C=O) groups is 3. The molecule has 0 saturated heterocycles. The van der Waals surface area contributed by atoms with Crippen LogP contribution in [0.5, 0.6) is 0 Å². The van der Waals surface area contributed by atoms with Gasteiger partial charge in [-0.3, -0.25) is 26.9 Å². The zero-order valence-electron chi connectivity index (χ0n) is 47.8. The van der Waals surface area contributed by atoms with Gasteiger partial charge in [-0.15, -0.1) is 0 Å². The molecule has 18 nitrogen and oxygen atoms in total. The van der Waals surface area contributed by atoms with E-state index in [0.717, 1.165) is 173 Å². The van der Waals surface area contributed by atoms with Crippen molar-refractivity contribution in [3.63, 3.8) is 0 Å². The Morgan fingerprint density at radius 2 is 0.615 bits per heavy atom. The molecule has 0 rings (SSSR count). The summed E-state index contributed by atoms with van der Waals surface area (Å²) in [4.78, 5) is 38.3. The van der Waals surface area contributed by atoms with Gasteiger partial charge in [-0.1, -0.05) is 192 Å². The van der Waals surface area contributed by atoms with Crippen LogP contribution in [0, 0.1) is 0 Å². The Balaban J connectivity index is 4.89. The number of rotatable bonds is 56. The topological polar surface area (TPSA) is 278 Å². The van der Waals surface area contributed by atoms with Gasteiger partial charge in [0.2, 0.25) is 31.2 Å². The standard InChI is InChI=1S/C57H104O18S3/c1-4-7-10-31-40-51(73-76(61,62)63)43-34-25-19-13-16-22-28-37-46-55(58)70-49-54(72-57(60)48-39-30-24-18-15-21-27-36-45-53(75-78(67,68)69)42-33-12-9-6-3)50-71-56(59)47-38-29-23-17-14-20-26-35-44-52(74-77(64,65)66)41-32-11-8-5-2/h25-27,34-36,51-54H,4-24,28-33,37-50H2,1-3H3,(H,61,62,63)(H,64,65,66)(H,67,68,69)/p-3/b34-25-,35-26-,36-27-. The average molecular weight is 1170 g/mol. The third-order valence-corrected chi connectivity index (χ3v) is 14.5. The molecular weight excluding hydrogens is 1070 g/mol. The monoisotopic (exact) mass is 1170 g/mol. The molecule has 0 N–H and O–H groups in total. The molecule has 0 aromatic heterocycles. The first kappa shape index (κ1) is 75.2. The van der Waals surface area contributed by atoms with E-state index < -0.39 is 73.5 Å². The van der Waals surface area contributed by atoms with Crippen LogP contribution in [0.3, 0.4) is 0 Å². The van der Waals surface area contributed by atoms with Gasteiger partial charge in [0.15, 0.2) is 6.10 Å². The van der Waals surface area contributed by atoms with Crippen LogP contribution in [0.1, 0.15) is 271 Å². The first-order chi connectivity index (χ1) is 37.3. The summed E-state index contributed by atoms with van der Waals surface area (Å²) in [7, 11) is -14.3. The van der Waals surface area contributed by atoms with Crippen LogP contribution in [-0.4, -0.2) is 94.4 Å². The van der Waals surface area contributed by atoms with E-state index in [2.05, 4.69) is 20.8 Å². The van der Waals surface area contributed by atoms with Crippen LogP contribution in [0.2, 0.25) is 0 Å². The minimum Gasteiger partial charge on any atom is -0.726 e. The molecule has 3 atom stereocenters. The third-order valence-electron chi connectivity index (χ3n) is 13.0. The molecule has 0 aliphatic heterocycles. The summed E-state index contributed by atoms with van der Waals surface area (Å²) in [5.74, 6) is -1.37. The van der Waals surface area contributed by atoms with Gasteiger partial charge in [0, 0.05) is 19.3 Å². The Kier molecular flexibility index (Phi) is 48.2. The number of hydrogen-bond donors (Lipinski definition) is 0. The highest BCUT2D eigenvalue weighted by molar-refractivity contribution is 7.81. The van der Waals surface area contributed by atoms with Crippen LogP contribution in [0.15, 0.2) is 36.5 Å². The van der Waals surface area contributed by atoms with E-state index in [9.17, 15) is 53.3 Å². The van der Waals surface area contributed by atoms with Gasteiger partial charge in [0.05, 0.1) is 18.3 Å². The van der Waals surface area contributed by atoms with Crippen molar-refractivity contribution in [1.82, 2.24) is 0 Å². The second-order valence-corrected chi connectivity index (χ2v) is 23.5. The molecule has 458 valence electrons. The van der Waals surface area contributed by atoms with Crippen molar-refractivity contribution < 1.29 is 80.1 Å². The molecule has 0 radical (unpaired) electrons. The molecular formula is C57H101O18S3-3. The number of ether oxygens (including phenoxy) is 3. The quantitative estimate of drug-likeness (QED) is 0.0137. The molecule has 0 saturated carbocycles. The van der Waals surface area contributed by atoms with Crippen molar-refractivity contribution in [3.8, 4) is 0 Å².